The van der Waals surface area contributed by atoms with E-state index in [0.717, 1.165) is 31.3 Å². The first-order chi connectivity index (χ1) is 7.93. The highest BCUT2D eigenvalue weighted by molar-refractivity contribution is 7.99. The molecule has 0 aliphatic heterocycles. The van der Waals surface area contributed by atoms with Gasteiger partial charge in [-0.2, -0.15) is 0 Å². The lowest BCUT2D eigenvalue weighted by Gasteiger charge is -1.96. The van der Waals surface area contributed by atoms with Crippen LogP contribution < -0.4 is 0 Å². The SMILES string of the molecule is O=CCCCC/C=C/CSc1ccccc1. The molecule has 16 heavy (non-hydrogen) atoms. The van der Waals surface area contributed by atoms with Crippen molar-refractivity contribution in [3.63, 3.8) is 0 Å². The van der Waals surface area contributed by atoms with E-state index >= 15 is 0 Å². The maximum absolute atomic E-state index is 10.1. The largest absolute Gasteiger partial charge is 0.303 e. The van der Waals surface area contributed by atoms with Gasteiger partial charge in [0.2, 0.25) is 0 Å². The van der Waals surface area contributed by atoms with Gasteiger partial charge >= 0.3 is 0 Å². The van der Waals surface area contributed by atoms with Gasteiger partial charge in [0.1, 0.15) is 6.29 Å². The zero-order valence-corrected chi connectivity index (χ0v) is 10.3. The van der Waals surface area contributed by atoms with Crippen molar-refractivity contribution in [3.05, 3.63) is 42.5 Å². The molecule has 0 amide bonds. The molecule has 86 valence electrons. The Kier molecular flexibility index (Phi) is 7.52. The van der Waals surface area contributed by atoms with E-state index in [4.69, 9.17) is 0 Å². The molecule has 0 N–H and O–H groups in total. The summed E-state index contributed by atoms with van der Waals surface area (Å²) in [6, 6.07) is 10.4. The first-order valence-corrected chi connectivity index (χ1v) is 6.68. The van der Waals surface area contributed by atoms with Gasteiger partial charge < -0.3 is 4.79 Å². The monoisotopic (exact) mass is 234 g/mol. The quantitative estimate of drug-likeness (QED) is 0.291. The van der Waals surface area contributed by atoms with Gasteiger partial charge in [-0.3, -0.25) is 0 Å². The first-order valence-electron chi connectivity index (χ1n) is 5.70. The van der Waals surface area contributed by atoms with Crippen LogP contribution in [0.1, 0.15) is 25.7 Å². The lowest BCUT2D eigenvalue weighted by molar-refractivity contribution is -0.107. The van der Waals surface area contributed by atoms with Gasteiger partial charge in [0.25, 0.3) is 0 Å². The van der Waals surface area contributed by atoms with Crippen LogP contribution in [-0.2, 0) is 4.79 Å². The molecule has 0 radical (unpaired) electrons. The van der Waals surface area contributed by atoms with Crippen LogP contribution in [-0.4, -0.2) is 12.0 Å². The molecule has 2 heteroatoms. The van der Waals surface area contributed by atoms with E-state index in [2.05, 4.69) is 36.4 Å². The number of unbranched alkanes of at least 4 members (excludes halogenated alkanes) is 3. The minimum Gasteiger partial charge on any atom is -0.303 e. The van der Waals surface area contributed by atoms with Gasteiger partial charge in [-0.25, -0.2) is 0 Å². The number of hydrogen-bond acceptors (Lipinski definition) is 2. The molecule has 0 spiro atoms. The van der Waals surface area contributed by atoms with Crippen molar-refractivity contribution in [3.8, 4) is 0 Å². The van der Waals surface area contributed by atoms with E-state index < -0.39 is 0 Å². The van der Waals surface area contributed by atoms with Crippen molar-refractivity contribution < 1.29 is 4.79 Å². The smallest absolute Gasteiger partial charge is 0.119 e. The molecule has 1 aromatic rings. The van der Waals surface area contributed by atoms with E-state index in [1.54, 1.807) is 0 Å². The van der Waals surface area contributed by atoms with Gasteiger partial charge in [0.15, 0.2) is 0 Å². The highest BCUT2D eigenvalue weighted by atomic mass is 32.2. The maximum atomic E-state index is 10.1. The summed E-state index contributed by atoms with van der Waals surface area (Å²) in [6.45, 7) is 0. The minimum atomic E-state index is 0.701. The van der Waals surface area contributed by atoms with E-state index in [0.29, 0.717) is 6.42 Å². The van der Waals surface area contributed by atoms with Crippen molar-refractivity contribution in [1.29, 1.82) is 0 Å². The molecule has 0 saturated carbocycles. The standard InChI is InChI=1S/C14H18OS/c15-12-8-3-1-2-4-9-13-16-14-10-6-5-7-11-14/h4-7,9-12H,1-3,8,13H2/b9-4+. The Morgan fingerprint density at radius 2 is 1.75 bits per heavy atom. The highest BCUT2D eigenvalue weighted by Gasteiger charge is 1.88. The van der Waals surface area contributed by atoms with E-state index in [-0.39, 0.29) is 0 Å². The van der Waals surface area contributed by atoms with Crippen LogP contribution in [0.5, 0.6) is 0 Å². The molecule has 0 aliphatic carbocycles. The summed E-state index contributed by atoms with van der Waals surface area (Å²) >= 11 is 1.85. The Hall–Kier alpha value is -1.02. The molecule has 1 rings (SSSR count). The van der Waals surface area contributed by atoms with Crippen LogP contribution in [0.25, 0.3) is 0 Å². The summed E-state index contributed by atoms with van der Waals surface area (Å²) in [5.41, 5.74) is 0. The minimum absolute atomic E-state index is 0.701. The van der Waals surface area contributed by atoms with Crippen molar-refractivity contribution in [2.75, 3.05) is 5.75 Å². The predicted octanol–water partition coefficient (Wildman–Crippen LogP) is 4.09. The topological polar surface area (TPSA) is 17.1 Å². The number of allylic oxidation sites excluding steroid dienone is 1. The molecule has 0 bridgehead atoms. The second kappa shape index (κ2) is 9.22. The van der Waals surface area contributed by atoms with Crippen LogP contribution in [0.3, 0.4) is 0 Å². The van der Waals surface area contributed by atoms with Crippen LogP contribution in [0, 0.1) is 0 Å². The molecule has 0 heterocycles. The van der Waals surface area contributed by atoms with Gasteiger partial charge in [0, 0.05) is 17.1 Å². The molecule has 0 unspecified atom stereocenters. The van der Waals surface area contributed by atoms with Crippen LogP contribution in [0.15, 0.2) is 47.4 Å². The summed E-state index contributed by atoms with van der Waals surface area (Å²) in [5, 5.41) is 0. The molecule has 0 aromatic heterocycles. The first kappa shape index (κ1) is 13.0. The van der Waals surface area contributed by atoms with E-state index in [1.165, 1.54) is 4.90 Å². The Bertz CT molecular complexity index is 306. The molecule has 0 saturated heterocycles. The number of carbonyl (C=O) groups excluding carboxylic acids is 1. The summed E-state index contributed by atoms with van der Waals surface area (Å²) in [4.78, 5) is 11.4. The average Bonchev–Trinajstić information content (AvgIpc) is 2.34. The Morgan fingerprint density at radius 3 is 2.50 bits per heavy atom. The van der Waals surface area contributed by atoms with Gasteiger partial charge in [-0.05, 0) is 31.4 Å². The summed E-state index contributed by atoms with van der Waals surface area (Å²) < 4.78 is 0. The summed E-state index contributed by atoms with van der Waals surface area (Å²) in [5.74, 6) is 1.03. The Morgan fingerprint density at radius 1 is 1.00 bits per heavy atom. The van der Waals surface area contributed by atoms with Crippen LogP contribution >= 0.6 is 11.8 Å². The molecule has 0 aliphatic rings. The zero-order valence-electron chi connectivity index (χ0n) is 9.47. The summed E-state index contributed by atoms with van der Waals surface area (Å²) in [7, 11) is 0. The van der Waals surface area contributed by atoms with Crippen molar-refractivity contribution in [2.24, 2.45) is 0 Å². The number of hydrogen-bond donors (Lipinski definition) is 0. The zero-order chi connectivity index (χ0) is 11.5. The molecule has 1 aromatic carbocycles. The molecule has 0 fully saturated rings. The Labute approximate surface area is 102 Å². The second-order valence-corrected chi connectivity index (χ2v) is 4.64. The lowest BCUT2D eigenvalue weighted by Crippen LogP contribution is -1.77. The number of carbonyl (C=O) groups is 1. The Balaban J connectivity index is 2.02. The van der Waals surface area contributed by atoms with Crippen molar-refractivity contribution >= 4 is 18.0 Å². The van der Waals surface area contributed by atoms with E-state index in [9.17, 15) is 4.79 Å². The van der Waals surface area contributed by atoms with Gasteiger partial charge in [-0.15, -0.1) is 11.8 Å². The van der Waals surface area contributed by atoms with Gasteiger partial charge in [0.05, 0.1) is 0 Å². The fraction of sp³-hybridized carbons (Fsp3) is 0.357. The van der Waals surface area contributed by atoms with Crippen LogP contribution in [0.4, 0.5) is 0 Å². The van der Waals surface area contributed by atoms with Crippen molar-refractivity contribution in [2.45, 2.75) is 30.6 Å². The third kappa shape index (κ3) is 6.46. The van der Waals surface area contributed by atoms with Crippen molar-refractivity contribution in [1.82, 2.24) is 0 Å². The molecular weight excluding hydrogens is 216 g/mol. The number of aldehydes is 1. The highest BCUT2D eigenvalue weighted by Crippen LogP contribution is 2.16. The van der Waals surface area contributed by atoms with Crippen LogP contribution in [0.2, 0.25) is 0 Å². The molecular formula is C14H18OS. The third-order valence-corrected chi connectivity index (χ3v) is 3.16. The normalized spacial score (nSPS) is 10.8. The second-order valence-electron chi connectivity index (χ2n) is 3.55. The summed E-state index contributed by atoms with van der Waals surface area (Å²) in [6.07, 6.45) is 9.33. The lowest BCUT2D eigenvalue weighted by atomic mass is 10.2. The van der Waals surface area contributed by atoms with E-state index in [1.807, 2.05) is 17.8 Å². The fourth-order valence-electron chi connectivity index (χ4n) is 1.34. The van der Waals surface area contributed by atoms with Gasteiger partial charge in [-0.1, -0.05) is 30.4 Å². The predicted molar refractivity (Wildman–Crippen MR) is 70.8 cm³/mol. The molecule has 1 nitrogen and oxygen atoms in total. The average molecular weight is 234 g/mol. The number of rotatable bonds is 8. The number of thioether (sulfide) groups is 1. The number of benzene rings is 1. The molecule has 0 atom stereocenters. The maximum Gasteiger partial charge on any atom is 0.119 e. The fourth-order valence-corrected chi connectivity index (χ4v) is 2.11. The third-order valence-electron chi connectivity index (χ3n) is 2.20.